The van der Waals surface area contributed by atoms with Gasteiger partial charge in [0.2, 0.25) is 0 Å². The molecule has 0 aliphatic carbocycles. The molecule has 0 radical (unpaired) electrons. The van der Waals surface area contributed by atoms with Crippen LogP contribution in [0.15, 0.2) is 0 Å². The molecular formula is C8H17NO2. The molecule has 0 fully saturated rings. The van der Waals surface area contributed by atoms with E-state index in [1.807, 2.05) is 13.8 Å². The van der Waals surface area contributed by atoms with Gasteiger partial charge in [-0.05, 0) is 12.3 Å². The van der Waals surface area contributed by atoms with Gasteiger partial charge < -0.3 is 10.8 Å². The second kappa shape index (κ2) is 5.13. The number of aliphatic carboxylic acids is 1. The summed E-state index contributed by atoms with van der Waals surface area (Å²) in [5.41, 5.74) is 5.46. The van der Waals surface area contributed by atoms with Gasteiger partial charge in [-0.15, -0.1) is 0 Å². The third-order valence-electron chi connectivity index (χ3n) is 1.98. The number of nitrogens with two attached hydrogens (primary N) is 1. The summed E-state index contributed by atoms with van der Waals surface area (Å²) in [4.78, 5) is 10.4. The zero-order valence-corrected chi connectivity index (χ0v) is 7.21. The zero-order chi connectivity index (χ0) is 8.85. The maximum Gasteiger partial charge on any atom is 0.320 e. The second-order valence-corrected chi connectivity index (χ2v) is 2.82. The molecule has 0 aliphatic rings. The van der Waals surface area contributed by atoms with E-state index in [-0.39, 0.29) is 5.92 Å². The van der Waals surface area contributed by atoms with E-state index in [1.165, 1.54) is 0 Å². The molecule has 1 unspecified atom stereocenters. The predicted octanol–water partition coefficient (Wildman–Crippen LogP) is 1.22. The minimum Gasteiger partial charge on any atom is -0.480 e. The number of carbonyl (C=O) groups is 1. The van der Waals surface area contributed by atoms with Crippen LogP contribution in [0.25, 0.3) is 0 Å². The Kier molecular flexibility index (Phi) is 4.86. The third kappa shape index (κ3) is 3.37. The van der Waals surface area contributed by atoms with Gasteiger partial charge in [-0.2, -0.15) is 0 Å². The quantitative estimate of drug-likeness (QED) is 0.634. The van der Waals surface area contributed by atoms with Crippen LogP contribution in [0.4, 0.5) is 0 Å². The molecule has 0 bridgehead atoms. The van der Waals surface area contributed by atoms with E-state index >= 15 is 0 Å². The average Bonchev–Trinajstić information content (AvgIpc) is 1.98. The first-order valence-corrected chi connectivity index (χ1v) is 4.11. The fourth-order valence-electron chi connectivity index (χ4n) is 1.21. The van der Waals surface area contributed by atoms with Crippen LogP contribution in [-0.4, -0.2) is 17.1 Å². The fraction of sp³-hybridized carbons (Fsp3) is 0.875. The minimum absolute atomic E-state index is 0.137. The van der Waals surface area contributed by atoms with Crippen LogP contribution in [0.2, 0.25) is 0 Å². The Morgan fingerprint density at radius 2 is 2.09 bits per heavy atom. The summed E-state index contributed by atoms with van der Waals surface area (Å²) in [6.07, 6.45) is 2.75. The maximum absolute atomic E-state index is 10.4. The summed E-state index contributed by atoms with van der Waals surface area (Å²) in [6, 6.07) is -0.681. The van der Waals surface area contributed by atoms with Crippen LogP contribution in [0.5, 0.6) is 0 Å². The van der Waals surface area contributed by atoms with Gasteiger partial charge in [-0.3, -0.25) is 4.79 Å². The van der Waals surface area contributed by atoms with Gasteiger partial charge in [-0.1, -0.05) is 26.7 Å². The van der Waals surface area contributed by atoms with Crippen molar-refractivity contribution in [2.75, 3.05) is 0 Å². The molecule has 0 spiro atoms. The van der Waals surface area contributed by atoms with Gasteiger partial charge in [0.25, 0.3) is 0 Å². The summed E-state index contributed by atoms with van der Waals surface area (Å²) in [7, 11) is 0. The predicted molar refractivity (Wildman–Crippen MR) is 44.3 cm³/mol. The molecule has 3 N–H and O–H groups in total. The van der Waals surface area contributed by atoms with Crippen LogP contribution >= 0.6 is 0 Å². The Morgan fingerprint density at radius 1 is 1.55 bits per heavy atom. The van der Waals surface area contributed by atoms with Crippen molar-refractivity contribution in [3.63, 3.8) is 0 Å². The summed E-state index contributed by atoms with van der Waals surface area (Å²) in [6.45, 7) is 4.01. The van der Waals surface area contributed by atoms with E-state index in [0.717, 1.165) is 19.3 Å². The largest absolute Gasteiger partial charge is 0.480 e. The first-order chi connectivity index (χ1) is 5.13. The number of rotatable bonds is 5. The van der Waals surface area contributed by atoms with E-state index in [0.29, 0.717) is 0 Å². The first kappa shape index (κ1) is 10.4. The first-order valence-electron chi connectivity index (χ1n) is 4.11. The maximum atomic E-state index is 10.4. The molecule has 66 valence electrons. The highest BCUT2D eigenvalue weighted by molar-refractivity contribution is 5.73. The molecule has 0 amide bonds. The smallest absolute Gasteiger partial charge is 0.320 e. The Morgan fingerprint density at radius 3 is 2.36 bits per heavy atom. The highest BCUT2D eigenvalue weighted by atomic mass is 16.4. The molecule has 2 atom stereocenters. The second-order valence-electron chi connectivity index (χ2n) is 2.82. The SMILES string of the molecule is CCC[C@H](CC)C(N)C(=O)O. The van der Waals surface area contributed by atoms with Crippen molar-refractivity contribution in [2.24, 2.45) is 11.7 Å². The van der Waals surface area contributed by atoms with E-state index in [1.54, 1.807) is 0 Å². The highest BCUT2D eigenvalue weighted by Gasteiger charge is 2.21. The summed E-state index contributed by atoms with van der Waals surface area (Å²) >= 11 is 0. The Labute approximate surface area is 67.6 Å². The van der Waals surface area contributed by atoms with Crippen molar-refractivity contribution in [3.05, 3.63) is 0 Å². The van der Waals surface area contributed by atoms with Crippen LogP contribution in [0, 0.1) is 5.92 Å². The van der Waals surface area contributed by atoms with E-state index in [4.69, 9.17) is 10.8 Å². The lowest BCUT2D eigenvalue weighted by atomic mass is 9.93. The lowest BCUT2D eigenvalue weighted by Gasteiger charge is -2.17. The number of carboxylic acid groups (broad SMARTS) is 1. The average molecular weight is 159 g/mol. The van der Waals surface area contributed by atoms with Gasteiger partial charge >= 0.3 is 5.97 Å². The lowest BCUT2D eigenvalue weighted by molar-refractivity contribution is -0.140. The molecule has 0 aromatic carbocycles. The standard InChI is InChI=1S/C8H17NO2/c1-3-5-6(4-2)7(9)8(10)11/h6-7H,3-5,9H2,1-2H3,(H,10,11)/t6-,7?/m0/s1. The van der Waals surface area contributed by atoms with Gasteiger partial charge in [-0.25, -0.2) is 0 Å². The van der Waals surface area contributed by atoms with Crippen molar-refractivity contribution in [1.29, 1.82) is 0 Å². The number of hydrogen-bond acceptors (Lipinski definition) is 2. The van der Waals surface area contributed by atoms with Gasteiger partial charge in [0.05, 0.1) is 0 Å². The molecule has 11 heavy (non-hydrogen) atoms. The molecule has 3 heteroatoms. The van der Waals surface area contributed by atoms with E-state index in [9.17, 15) is 4.79 Å². The van der Waals surface area contributed by atoms with Gasteiger partial charge in [0.1, 0.15) is 6.04 Å². The molecule has 0 rings (SSSR count). The third-order valence-corrected chi connectivity index (χ3v) is 1.98. The molecule has 0 saturated heterocycles. The molecule has 0 aliphatic heterocycles. The molecule has 0 aromatic rings. The van der Waals surface area contributed by atoms with Crippen LogP contribution in [0.3, 0.4) is 0 Å². The summed E-state index contributed by atoms with van der Waals surface area (Å²) in [5, 5.41) is 8.59. The molecular weight excluding hydrogens is 142 g/mol. The monoisotopic (exact) mass is 159 g/mol. The number of carboxylic acids is 1. The normalized spacial score (nSPS) is 15.9. The van der Waals surface area contributed by atoms with Crippen molar-refractivity contribution >= 4 is 5.97 Å². The topological polar surface area (TPSA) is 63.3 Å². The highest BCUT2D eigenvalue weighted by Crippen LogP contribution is 2.13. The van der Waals surface area contributed by atoms with Crippen molar-refractivity contribution in [2.45, 2.75) is 39.2 Å². The van der Waals surface area contributed by atoms with Gasteiger partial charge in [0.15, 0.2) is 0 Å². The van der Waals surface area contributed by atoms with Crippen molar-refractivity contribution in [1.82, 2.24) is 0 Å². The van der Waals surface area contributed by atoms with Crippen molar-refractivity contribution < 1.29 is 9.90 Å². The van der Waals surface area contributed by atoms with E-state index < -0.39 is 12.0 Å². The molecule has 0 aromatic heterocycles. The summed E-state index contributed by atoms with van der Waals surface area (Å²) in [5.74, 6) is -0.747. The zero-order valence-electron chi connectivity index (χ0n) is 7.21. The molecule has 0 heterocycles. The number of hydrogen-bond donors (Lipinski definition) is 2. The Balaban J connectivity index is 3.91. The van der Waals surface area contributed by atoms with Crippen LogP contribution in [0.1, 0.15) is 33.1 Å². The van der Waals surface area contributed by atoms with E-state index in [2.05, 4.69) is 0 Å². The van der Waals surface area contributed by atoms with Gasteiger partial charge in [0, 0.05) is 0 Å². The molecule has 3 nitrogen and oxygen atoms in total. The molecule has 0 saturated carbocycles. The van der Waals surface area contributed by atoms with Crippen LogP contribution < -0.4 is 5.73 Å². The minimum atomic E-state index is -0.884. The van der Waals surface area contributed by atoms with Crippen LogP contribution in [-0.2, 0) is 4.79 Å². The fourth-order valence-corrected chi connectivity index (χ4v) is 1.21. The Hall–Kier alpha value is -0.570. The lowest BCUT2D eigenvalue weighted by Crippen LogP contribution is -2.37. The van der Waals surface area contributed by atoms with Crippen molar-refractivity contribution in [3.8, 4) is 0 Å². The summed E-state index contributed by atoms with van der Waals surface area (Å²) < 4.78 is 0. The Bertz CT molecular complexity index is 125.